The fourth-order valence-electron chi connectivity index (χ4n) is 14.7. The summed E-state index contributed by atoms with van der Waals surface area (Å²) in [6.07, 6.45) is 3.88. The van der Waals surface area contributed by atoms with E-state index < -0.39 is 0 Å². The highest BCUT2D eigenvalue weighted by Gasteiger charge is 2.36. The molecular weight excluding hydrogens is 977 g/mol. The maximum absolute atomic E-state index is 7.57. The Morgan fingerprint density at radius 3 is 0.588 bits per heavy atom. The zero-order valence-corrected chi connectivity index (χ0v) is 52.3. The summed E-state index contributed by atoms with van der Waals surface area (Å²) in [5.74, 6) is 6.31. The molecule has 0 N–H and O–H groups in total. The highest BCUT2D eigenvalue weighted by molar-refractivity contribution is 6.37. The van der Waals surface area contributed by atoms with Crippen molar-refractivity contribution < 1.29 is 18.9 Å². The molecule has 0 heterocycles. The molecule has 9 rings (SSSR count). The lowest BCUT2D eigenvalue weighted by molar-refractivity contribution is 0.279. The molecule has 0 atom stereocenters. The summed E-state index contributed by atoms with van der Waals surface area (Å²) in [6.45, 7) is 46.6. The fraction of sp³-hybridized carbons (Fsp3) is 0.421. The van der Waals surface area contributed by atoms with Crippen molar-refractivity contribution in [2.24, 2.45) is 21.7 Å². The van der Waals surface area contributed by atoms with Gasteiger partial charge in [0.15, 0.2) is 0 Å². The Hall–Kier alpha value is -6.52. The van der Waals surface area contributed by atoms with E-state index in [4.69, 9.17) is 18.9 Å². The van der Waals surface area contributed by atoms with Crippen molar-refractivity contribution in [1.29, 1.82) is 0 Å². The summed E-state index contributed by atoms with van der Waals surface area (Å²) < 4.78 is 30.3. The minimum absolute atomic E-state index is 0.0867. The SMILES string of the molecule is CC(C)(C)CC(C)(C)c1ccccc1Oc1ccc2ccc(Oc3ccccc3C(C)(C)CC(C)(C)C)c3c4c(Oc5ccccc5C(C)(C)CC(C)(C)C)ccc5ccc(Oc6ccccc6C(C)(C)CC(C)(C)C)c(c1c23)c54. The van der Waals surface area contributed by atoms with E-state index in [0.717, 1.165) is 115 Å². The molecule has 0 aliphatic rings. The first-order valence-corrected chi connectivity index (χ1v) is 29.4. The zero-order chi connectivity index (χ0) is 58.2. The lowest BCUT2D eigenvalue weighted by Crippen LogP contribution is -2.25. The molecule has 80 heavy (non-hydrogen) atoms. The zero-order valence-electron chi connectivity index (χ0n) is 52.3. The average molecular weight is 1070 g/mol. The van der Waals surface area contributed by atoms with E-state index in [0.29, 0.717) is 0 Å². The standard InChI is InChI=1S/C76H92O4/c1-69(2,3)45-73(13,14)51-29-21-25-33-55(51)77-59-41-37-49-38-43-61(79-57-35-27-23-31-53(57)75(17,18)47-71(7,8)9)67-63(49)65(59)66-60(78-56-34-26-22-30-52(56)74(15,16)46-70(4,5)6)42-39-50-40-44-62(68(67)64(50)66)80-58-36-28-24-32-54(58)76(19,20)48-72(10,11)12/h21-44H,45-48H2,1-20H3. The van der Waals surface area contributed by atoms with Gasteiger partial charge in [-0.15, -0.1) is 0 Å². The monoisotopic (exact) mass is 1070 g/mol. The van der Waals surface area contributed by atoms with Gasteiger partial charge in [-0.25, -0.2) is 0 Å². The largest absolute Gasteiger partial charge is 0.456 e. The second kappa shape index (κ2) is 20.8. The van der Waals surface area contributed by atoms with E-state index in [-0.39, 0.29) is 43.3 Å². The Kier molecular flexibility index (Phi) is 15.1. The minimum Gasteiger partial charge on any atom is -0.456 e. The van der Waals surface area contributed by atoms with Gasteiger partial charge in [-0.3, -0.25) is 0 Å². The van der Waals surface area contributed by atoms with Gasteiger partial charge in [0, 0.05) is 54.6 Å². The summed E-state index contributed by atoms with van der Waals surface area (Å²) in [7, 11) is 0. The quantitative estimate of drug-likeness (QED) is 0.0714. The average Bonchev–Trinajstić information content (AvgIpc) is 2.53. The second-order valence-electron chi connectivity index (χ2n) is 30.8. The molecule has 9 aromatic rings. The van der Waals surface area contributed by atoms with Crippen molar-refractivity contribution >= 4 is 43.1 Å². The number of benzene rings is 9. The van der Waals surface area contributed by atoms with Crippen LogP contribution >= 0.6 is 0 Å². The number of hydrogen-bond donors (Lipinski definition) is 0. The molecule has 0 aliphatic carbocycles. The summed E-state index contributed by atoms with van der Waals surface area (Å²) in [5.41, 5.74) is 4.22. The van der Waals surface area contributed by atoms with E-state index >= 15 is 0 Å². The van der Waals surface area contributed by atoms with Gasteiger partial charge in [0.05, 0.1) is 0 Å². The Balaban J connectivity index is 1.42. The van der Waals surface area contributed by atoms with Crippen molar-refractivity contribution in [2.75, 3.05) is 0 Å². The summed E-state index contributed by atoms with van der Waals surface area (Å²) in [5, 5.41) is 7.96. The van der Waals surface area contributed by atoms with Crippen molar-refractivity contribution in [2.45, 2.75) is 186 Å². The molecule has 0 bridgehead atoms. The highest BCUT2D eigenvalue weighted by Crippen LogP contribution is 2.56. The number of rotatable bonds is 16. The van der Waals surface area contributed by atoms with Crippen LogP contribution in [0.25, 0.3) is 43.1 Å². The molecule has 0 saturated carbocycles. The predicted octanol–water partition coefficient (Wildman–Crippen LogP) is 23.8. The molecular formula is C76H92O4. The third-order valence-electron chi connectivity index (χ3n) is 16.0. The number of ether oxygens (including phenoxy) is 4. The van der Waals surface area contributed by atoms with Crippen LogP contribution in [0.4, 0.5) is 0 Å². The third-order valence-corrected chi connectivity index (χ3v) is 16.0. The van der Waals surface area contributed by atoms with Crippen LogP contribution in [0, 0.1) is 21.7 Å². The normalized spacial score (nSPS) is 13.4. The molecule has 0 amide bonds. The first kappa shape index (κ1) is 58.1. The van der Waals surface area contributed by atoms with Crippen LogP contribution in [0.15, 0.2) is 146 Å². The lowest BCUT2D eigenvalue weighted by Gasteiger charge is -2.34. The van der Waals surface area contributed by atoms with Crippen LogP contribution < -0.4 is 18.9 Å². The Labute approximate surface area is 480 Å². The van der Waals surface area contributed by atoms with E-state index in [2.05, 4.69) is 284 Å². The van der Waals surface area contributed by atoms with Gasteiger partial charge in [0.25, 0.3) is 0 Å². The summed E-state index contributed by atoms with van der Waals surface area (Å²) >= 11 is 0. The van der Waals surface area contributed by atoms with E-state index in [1.54, 1.807) is 0 Å². The predicted molar refractivity (Wildman–Crippen MR) is 342 cm³/mol. The maximum Gasteiger partial charge on any atom is 0.136 e. The minimum atomic E-state index is -0.197. The van der Waals surface area contributed by atoms with Crippen LogP contribution in [0.2, 0.25) is 0 Å². The van der Waals surface area contributed by atoms with Gasteiger partial charge >= 0.3 is 0 Å². The molecule has 9 aromatic carbocycles. The molecule has 0 radical (unpaired) electrons. The molecule has 0 unspecified atom stereocenters. The Morgan fingerprint density at radius 1 is 0.212 bits per heavy atom. The van der Waals surface area contributed by atoms with Crippen LogP contribution in [0.1, 0.15) is 186 Å². The van der Waals surface area contributed by atoms with Gasteiger partial charge < -0.3 is 18.9 Å². The third kappa shape index (κ3) is 12.4. The van der Waals surface area contributed by atoms with Crippen molar-refractivity contribution in [3.8, 4) is 46.0 Å². The van der Waals surface area contributed by atoms with Crippen LogP contribution in [0.5, 0.6) is 46.0 Å². The Morgan fingerprint density at radius 2 is 0.400 bits per heavy atom. The number of hydrogen-bond acceptors (Lipinski definition) is 4. The van der Waals surface area contributed by atoms with Gasteiger partial charge in [0.2, 0.25) is 0 Å². The van der Waals surface area contributed by atoms with Gasteiger partial charge in [0.1, 0.15) is 46.0 Å². The van der Waals surface area contributed by atoms with Crippen molar-refractivity contribution in [3.05, 3.63) is 168 Å². The molecule has 0 aliphatic heterocycles. The fourth-order valence-corrected chi connectivity index (χ4v) is 14.7. The van der Waals surface area contributed by atoms with Crippen LogP contribution in [-0.4, -0.2) is 0 Å². The van der Waals surface area contributed by atoms with Gasteiger partial charge in [-0.05, 0) is 128 Å². The molecule has 0 saturated heterocycles. The summed E-state index contributed by atoms with van der Waals surface area (Å²) in [4.78, 5) is 0. The molecule has 4 heteroatoms. The molecule has 4 nitrogen and oxygen atoms in total. The van der Waals surface area contributed by atoms with Gasteiger partial charge in [-0.1, -0.05) is 236 Å². The second-order valence-corrected chi connectivity index (χ2v) is 30.8. The first-order chi connectivity index (χ1) is 37.1. The molecule has 0 fully saturated rings. The molecule has 0 spiro atoms. The molecule has 420 valence electrons. The van der Waals surface area contributed by atoms with E-state index in [9.17, 15) is 0 Å². The highest BCUT2D eigenvalue weighted by atomic mass is 16.5. The smallest absolute Gasteiger partial charge is 0.136 e. The summed E-state index contributed by atoms with van der Waals surface area (Å²) in [6, 6.07) is 52.0. The number of fused-ring (bicyclic) bond motifs is 2. The van der Waals surface area contributed by atoms with Crippen LogP contribution in [0.3, 0.4) is 0 Å². The Bertz CT molecular complexity index is 3220. The number of para-hydroxylation sites is 4. The van der Waals surface area contributed by atoms with Gasteiger partial charge in [-0.2, -0.15) is 0 Å². The first-order valence-electron chi connectivity index (χ1n) is 29.4. The molecule has 0 aromatic heterocycles. The lowest BCUT2D eigenvalue weighted by atomic mass is 9.72. The van der Waals surface area contributed by atoms with E-state index in [1.165, 1.54) is 22.3 Å². The van der Waals surface area contributed by atoms with Crippen LogP contribution in [-0.2, 0) is 21.7 Å². The van der Waals surface area contributed by atoms with Crippen molar-refractivity contribution in [1.82, 2.24) is 0 Å². The topological polar surface area (TPSA) is 36.9 Å². The van der Waals surface area contributed by atoms with E-state index in [1.807, 2.05) is 0 Å². The van der Waals surface area contributed by atoms with Crippen molar-refractivity contribution in [3.63, 3.8) is 0 Å². The maximum atomic E-state index is 7.57.